The fourth-order valence-corrected chi connectivity index (χ4v) is 3.35. The quantitative estimate of drug-likeness (QED) is 0.925. The average Bonchev–Trinajstić information content (AvgIpc) is 2.65. The molecule has 0 radical (unpaired) electrons. The molecule has 0 amide bonds. The predicted molar refractivity (Wildman–Crippen MR) is 72.2 cm³/mol. The molecule has 1 aromatic carbocycles. The molecule has 2 aliphatic rings. The largest absolute Gasteiger partial charge is 0.381 e. The second-order valence-corrected chi connectivity index (χ2v) is 6.04. The fourth-order valence-electron chi connectivity index (χ4n) is 2.94. The van der Waals surface area contributed by atoms with Crippen LogP contribution in [0.15, 0.2) is 22.7 Å². The van der Waals surface area contributed by atoms with Crippen molar-refractivity contribution < 1.29 is 4.74 Å². The van der Waals surface area contributed by atoms with Crippen molar-refractivity contribution in [1.29, 1.82) is 0 Å². The first-order valence-electron chi connectivity index (χ1n) is 6.33. The van der Waals surface area contributed by atoms with Crippen LogP contribution >= 0.6 is 15.9 Å². The number of nitrogens with one attached hydrogen (secondary N) is 1. The summed E-state index contributed by atoms with van der Waals surface area (Å²) in [6, 6.07) is 7.88. The highest BCUT2D eigenvalue weighted by Crippen LogP contribution is 2.35. The van der Waals surface area contributed by atoms with Crippen LogP contribution in [0, 0.1) is 0 Å². The Hall–Kier alpha value is -0.380. The van der Waals surface area contributed by atoms with E-state index in [1.54, 1.807) is 0 Å². The summed E-state index contributed by atoms with van der Waals surface area (Å²) < 4.78 is 6.51. The smallest absolute Gasteiger partial charge is 0.0601 e. The summed E-state index contributed by atoms with van der Waals surface area (Å²) in [4.78, 5) is 0. The van der Waals surface area contributed by atoms with Gasteiger partial charge >= 0.3 is 0 Å². The zero-order valence-electron chi connectivity index (χ0n) is 10.1. The van der Waals surface area contributed by atoms with Gasteiger partial charge in [-0.25, -0.2) is 0 Å². The lowest BCUT2D eigenvalue weighted by molar-refractivity contribution is 0.0141. The lowest BCUT2D eigenvalue weighted by Gasteiger charge is -2.36. The zero-order valence-corrected chi connectivity index (χ0v) is 11.7. The van der Waals surface area contributed by atoms with Crippen molar-refractivity contribution >= 4 is 15.9 Å². The number of hydrogen-bond acceptors (Lipinski definition) is 2. The highest BCUT2D eigenvalue weighted by atomic mass is 79.9. The summed E-state index contributed by atoms with van der Waals surface area (Å²) in [5.74, 6) is 0. The second kappa shape index (κ2) is 4.71. The third-order valence-corrected chi connectivity index (χ3v) is 4.54. The van der Waals surface area contributed by atoms with Crippen molar-refractivity contribution in [1.82, 2.24) is 5.32 Å². The molecule has 0 saturated heterocycles. The summed E-state index contributed by atoms with van der Waals surface area (Å²) in [7, 11) is 1.81. The minimum atomic E-state index is 0.485. The van der Waals surface area contributed by atoms with Crippen LogP contribution in [0.2, 0.25) is 0 Å². The molecular weight excluding hydrogens is 278 g/mol. The summed E-state index contributed by atoms with van der Waals surface area (Å²) in [5, 5.41) is 3.76. The maximum atomic E-state index is 5.32. The van der Waals surface area contributed by atoms with E-state index in [1.165, 1.54) is 41.3 Å². The SMILES string of the molecule is COC1CC(NC2CCc3cc(Br)ccc32)C1. The van der Waals surface area contributed by atoms with Gasteiger partial charge in [0.05, 0.1) is 6.10 Å². The van der Waals surface area contributed by atoms with E-state index < -0.39 is 0 Å². The number of ether oxygens (including phenoxy) is 1. The second-order valence-electron chi connectivity index (χ2n) is 5.13. The normalized spacial score (nSPS) is 31.1. The lowest BCUT2D eigenvalue weighted by Crippen LogP contribution is -2.46. The number of fused-ring (bicyclic) bond motifs is 1. The third-order valence-electron chi connectivity index (χ3n) is 4.05. The van der Waals surface area contributed by atoms with Crippen LogP contribution in [0.3, 0.4) is 0 Å². The number of methoxy groups -OCH3 is 1. The minimum Gasteiger partial charge on any atom is -0.381 e. The topological polar surface area (TPSA) is 21.3 Å². The zero-order chi connectivity index (χ0) is 11.8. The van der Waals surface area contributed by atoms with Crippen molar-refractivity contribution in [3.05, 3.63) is 33.8 Å². The molecule has 2 nitrogen and oxygen atoms in total. The standard InChI is InChI=1S/C14H18BrNO/c1-17-12-7-11(8-12)16-14-5-2-9-6-10(15)3-4-13(9)14/h3-4,6,11-12,14,16H,2,5,7-8H2,1H3. The molecule has 1 aromatic rings. The molecule has 1 unspecified atom stereocenters. The Kier molecular flexibility index (Phi) is 3.24. The van der Waals surface area contributed by atoms with Crippen molar-refractivity contribution in [2.24, 2.45) is 0 Å². The Balaban J connectivity index is 1.64. The van der Waals surface area contributed by atoms with Gasteiger partial charge in [-0.2, -0.15) is 0 Å². The number of benzene rings is 1. The van der Waals surface area contributed by atoms with E-state index in [9.17, 15) is 0 Å². The molecule has 1 saturated carbocycles. The van der Waals surface area contributed by atoms with Crippen molar-refractivity contribution in [2.75, 3.05) is 7.11 Å². The molecule has 92 valence electrons. The van der Waals surface area contributed by atoms with Gasteiger partial charge in [0.15, 0.2) is 0 Å². The Morgan fingerprint density at radius 3 is 2.94 bits per heavy atom. The number of halogens is 1. The van der Waals surface area contributed by atoms with Crippen molar-refractivity contribution in [2.45, 2.75) is 43.9 Å². The Morgan fingerprint density at radius 1 is 1.35 bits per heavy atom. The van der Waals surface area contributed by atoms with Crippen LogP contribution in [-0.2, 0) is 11.2 Å². The van der Waals surface area contributed by atoms with Gasteiger partial charge in [-0.1, -0.05) is 22.0 Å². The molecule has 3 heteroatoms. The average molecular weight is 296 g/mol. The lowest BCUT2D eigenvalue weighted by atomic mass is 9.88. The molecular formula is C14H18BrNO. The van der Waals surface area contributed by atoms with E-state index in [-0.39, 0.29) is 0 Å². The first-order chi connectivity index (χ1) is 8.26. The van der Waals surface area contributed by atoms with E-state index in [2.05, 4.69) is 39.4 Å². The molecule has 0 spiro atoms. The maximum Gasteiger partial charge on any atom is 0.0601 e. The molecule has 3 rings (SSSR count). The first kappa shape index (κ1) is 11.7. The minimum absolute atomic E-state index is 0.485. The van der Waals surface area contributed by atoms with E-state index in [0.29, 0.717) is 18.2 Å². The van der Waals surface area contributed by atoms with Gasteiger partial charge in [0.2, 0.25) is 0 Å². The van der Waals surface area contributed by atoms with Crippen LogP contribution in [-0.4, -0.2) is 19.3 Å². The summed E-state index contributed by atoms with van der Waals surface area (Å²) in [6.45, 7) is 0. The van der Waals surface area contributed by atoms with Gasteiger partial charge in [0.25, 0.3) is 0 Å². The van der Waals surface area contributed by atoms with Crippen LogP contribution < -0.4 is 5.32 Å². The fraction of sp³-hybridized carbons (Fsp3) is 0.571. The highest BCUT2D eigenvalue weighted by Gasteiger charge is 2.32. The molecule has 17 heavy (non-hydrogen) atoms. The van der Waals surface area contributed by atoms with Crippen LogP contribution in [0.25, 0.3) is 0 Å². The number of aryl methyl sites for hydroxylation is 1. The number of rotatable bonds is 3. The highest BCUT2D eigenvalue weighted by molar-refractivity contribution is 9.10. The summed E-state index contributed by atoms with van der Waals surface area (Å²) >= 11 is 3.54. The number of hydrogen-bond donors (Lipinski definition) is 1. The predicted octanol–water partition coefficient (Wildman–Crippen LogP) is 3.20. The molecule has 0 bridgehead atoms. The van der Waals surface area contributed by atoms with E-state index >= 15 is 0 Å². The van der Waals surface area contributed by atoms with E-state index in [4.69, 9.17) is 4.74 Å². The van der Waals surface area contributed by atoms with Gasteiger partial charge in [0, 0.05) is 23.7 Å². The van der Waals surface area contributed by atoms with Gasteiger partial charge in [-0.3, -0.25) is 0 Å². The van der Waals surface area contributed by atoms with Crippen molar-refractivity contribution in [3.8, 4) is 0 Å². The van der Waals surface area contributed by atoms with Gasteiger partial charge < -0.3 is 10.1 Å². The summed E-state index contributed by atoms with van der Waals surface area (Å²) in [6.07, 6.45) is 5.25. The van der Waals surface area contributed by atoms with Crippen LogP contribution in [0.1, 0.15) is 36.4 Å². The van der Waals surface area contributed by atoms with Gasteiger partial charge in [0.1, 0.15) is 0 Å². The van der Waals surface area contributed by atoms with Crippen molar-refractivity contribution in [3.63, 3.8) is 0 Å². The van der Waals surface area contributed by atoms with E-state index in [1.807, 2.05) is 7.11 Å². The van der Waals surface area contributed by atoms with Crippen LogP contribution in [0.5, 0.6) is 0 Å². The summed E-state index contributed by atoms with van der Waals surface area (Å²) in [5.41, 5.74) is 2.99. The molecule has 1 fully saturated rings. The van der Waals surface area contributed by atoms with Crippen LogP contribution in [0.4, 0.5) is 0 Å². The third kappa shape index (κ3) is 2.28. The molecule has 0 heterocycles. The molecule has 1 N–H and O–H groups in total. The Bertz CT molecular complexity index is 415. The molecule has 1 atom stereocenters. The Morgan fingerprint density at radius 2 is 2.18 bits per heavy atom. The Labute approximate surface area is 111 Å². The maximum absolute atomic E-state index is 5.32. The van der Waals surface area contributed by atoms with Gasteiger partial charge in [-0.15, -0.1) is 0 Å². The monoisotopic (exact) mass is 295 g/mol. The molecule has 2 aliphatic carbocycles. The first-order valence-corrected chi connectivity index (χ1v) is 7.12. The molecule has 0 aliphatic heterocycles. The van der Waals surface area contributed by atoms with Gasteiger partial charge in [-0.05, 0) is 48.9 Å². The van der Waals surface area contributed by atoms with E-state index in [0.717, 1.165) is 0 Å². The molecule has 0 aromatic heterocycles.